The third-order valence-electron chi connectivity index (χ3n) is 7.85. The van der Waals surface area contributed by atoms with Gasteiger partial charge in [-0.05, 0) is 36.2 Å². The van der Waals surface area contributed by atoms with Crippen molar-refractivity contribution in [3.05, 3.63) is 161 Å². The fraction of sp³-hybridized carbons (Fsp3) is 0.111. The summed E-state index contributed by atoms with van der Waals surface area (Å²) in [4.78, 5) is 49.6. The molecule has 0 spiro atoms. The van der Waals surface area contributed by atoms with E-state index in [4.69, 9.17) is 9.73 Å². The van der Waals surface area contributed by atoms with Gasteiger partial charge in [0, 0.05) is 15.6 Å². The van der Waals surface area contributed by atoms with Crippen LogP contribution in [-0.2, 0) is 20.9 Å². The number of amides is 1. The van der Waals surface area contributed by atoms with E-state index in [1.807, 2.05) is 109 Å². The quantitative estimate of drug-likeness (QED) is 0.219. The van der Waals surface area contributed by atoms with E-state index in [9.17, 15) is 14.4 Å². The van der Waals surface area contributed by atoms with E-state index < -0.39 is 17.6 Å². The van der Waals surface area contributed by atoms with E-state index in [0.717, 1.165) is 38.2 Å². The molecule has 222 valence electrons. The van der Waals surface area contributed by atoms with Gasteiger partial charge in [0.15, 0.2) is 4.80 Å². The summed E-state index contributed by atoms with van der Waals surface area (Å²) >= 11 is 4.72. The number of aromatic nitrogens is 1. The standard InChI is InChI=1S/C36H26BrN3O4S/c1-2-44-35(43)29-30(23-14-8-4-9-15-23)38-36-40(31(29)24-16-10-5-11-17-24)34(42)32(45-36)28-26-20-25(37)18-19-27(26)39(33(28)41)21-22-12-6-3-7-13-22/h3-20,31H,2,21H2,1H3/b32-28-/t31-/m0/s1. The van der Waals surface area contributed by atoms with Crippen molar-refractivity contribution in [2.45, 2.75) is 19.5 Å². The van der Waals surface area contributed by atoms with Gasteiger partial charge in [-0.1, -0.05) is 118 Å². The summed E-state index contributed by atoms with van der Waals surface area (Å²) < 4.78 is 8.15. The number of fused-ring (bicyclic) bond motifs is 2. The normalized spacial score (nSPS) is 16.7. The molecule has 0 radical (unpaired) electrons. The molecule has 2 aliphatic heterocycles. The van der Waals surface area contributed by atoms with Gasteiger partial charge >= 0.3 is 5.97 Å². The Balaban J connectivity index is 1.52. The maximum absolute atomic E-state index is 14.6. The molecule has 45 heavy (non-hydrogen) atoms. The zero-order chi connectivity index (χ0) is 31.1. The van der Waals surface area contributed by atoms with E-state index >= 15 is 0 Å². The number of ether oxygens (including phenoxy) is 1. The molecule has 0 N–H and O–H groups in total. The molecule has 1 atom stereocenters. The number of rotatable bonds is 6. The van der Waals surface area contributed by atoms with Crippen LogP contribution >= 0.6 is 27.3 Å². The molecule has 1 aromatic heterocycles. The summed E-state index contributed by atoms with van der Waals surface area (Å²) in [5.41, 5.74) is 4.45. The lowest BCUT2D eigenvalue weighted by Crippen LogP contribution is -2.41. The van der Waals surface area contributed by atoms with Crippen LogP contribution < -0.4 is 19.8 Å². The summed E-state index contributed by atoms with van der Waals surface area (Å²) in [6.07, 6.45) is 0. The van der Waals surface area contributed by atoms with Gasteiger partial charge < -0.3 is 9.64 Å². The summed E-state index contributed by atoms with van der Waals surface area (Å²) in [6, 6.07) is 33.4. The molecule has 9 heteroatoms. The average molecular weight is 677 g/mol. The highest BCUT2D eigenvalue weighted by molar-refractivity contribution is 9.10. The highest BCUT2D eigenvalue weighted by Crippen LogP contribution is 2.39. The molecule has 1 amide bonds. The zero-order valence-electron chi connectivity index (χ0n) is 24.1. The van der Waals surface area contributed by atoms with Crippen molar-refractivity contribution >= 4 is 56.1 Å². The lowest BCUT2D eigenvalue weighted by atomic mass is 9.93. The second kappa shape index (κ2) is 11.9. The average Bonchev–Trinajstić information content (AvgIpc) is 3.53. The number of nitrogens with zero attached hydrogens (tertiary/aromatic N) is 3. The number of benzene rings is 4. The Hall–Kier alpha value is -4.86. The first-order chi connectivity index (χ1) is 22.0. The fourth-order valence-corrected chi connectivity index (χ4v) is 7.34. The maximum Gasteiger partial charge on any atom is 0.338 e. The van der Waals surface area contributed by atoms with Gasteiger partial charge in [0.05, 0.1) is 41.7 Å². The maximum atomic E-state index is 14.6. The highest BCUT2D eigenvalue weighted by atomic mass is 79.9. The third kappa shape index (κ3) is 5.08. The predicted molar refractivity (Wildman–Crippen MR) is 178 cm³/mol. The summed E-state index contributed by atoms with van der Waals surface area (Å²) in [5, 5.41) is 0. The molecule has 7 nitrogen and oxygen atoms in total. The van der Waals surface area contributed by atoms with Crippen molar-refractivity contribution in [2.24, 2.45) is 4.99 Å². The van der Waals surface area contributed by atoms with Gasteiger partial charge in [-0.3, -0.25) is 14.2 Å². The number of hydrogen-bond acceptors (Lipinski definition) is 6. The van der Waals surface area contributed by atoms with Gasteiger partial charge in [0.1, 0.15) is 4.53 Å². The molecule has 4 aromatic carbocycles. The number of esters is 1. The summed E-state index contributed by atoms with van der Waals surface area (Å²) in [5.74, 6) is -0.812. The molecule has 0 saturated heterocycles. The van der Waals surface area contributed by atoms with Gasteiger partial charge in [0.25, 0.3) is 11.5 Å². The van der Waals surface area contributed by atoms with Crippen molar-refractivity contribution < 1.29 is 14.3 Å². The Kier molecular flexibility index (Phi) is 7.64. The minimum absolute atomic E-state index is 0.165. The van der Waals surface area contributed by atoms with Crippen LogP contribution in [0.1, 0.15) is 35.2 Å². The summed E-state index contributed by atoms with van der Waals surface area (Å²) in [6.45, 7) is 2.27. The third-order valence-corrected chi connectivity index (χ3v) is 9.40. The van der Waals surface area contributed by atoms with Crippen LogP contribution in [0, 0.1) is 0 Å². The van der Waals surface area contributed by atoms with E-state index in [2.05, 4.69) is 15.9 Å². The number of anilines is 1. The van der Waals surface area contributed by atoms with Gasteiger partial charge in [-0.2, -0.15) is 0 Å². The van der Waals surface area contributed by atoms with E-state index in [1.165, 1.54) is 4.57 Å². The molecule has 5 aromatic rings. The second-order valence-corrected chi connectivity index (χ2v) is 12.5. The highest BCUT2D eigenvalue weighted by Gasteiger charge is 2.38. The van der Waals surface area contributed by atoms with Crippen molar-refractivity contribution in [3.8, 4) is 0 Å². The summed E-state index contributed by atoms with van der Waals surface area (Å²) in [7, 11) is 0. The minimum Gasteiger partial charge on any atom is -0.463 e. The van der Waals surface area contributed by atoms with Crippen LogP contribution in [0.3, 0.4) is 0 Å². The van der Waals surface area contributed by atoms with Crippen LogP contribution in [0.25, 0.3) is 11.3 Å². The number of hydrogen-bond donors (Lipinski definition) is 0. The first kappa shape index (κ1) is 28.9. The molecule has 7 rings (SSSR count). The lowest BCUT2D eigenvalue weighted by molar-refractivity contribution is -0.138. The van der Waals surface area contributed by atoms with Gasteiger partial charge in [-0.25, -0.2) is 9.79 Å². The predicted octanol–water partition coefficient (Wildman–Crippen LogP) is 5.62. The van der Waals surface area contributed by atoms with E-state index in [-0.39, 0.29) is 22.6 Å². The van der Waals surface area contributed by atoms with Crippen molar-refractivity contribution in [1.82, 2.24) is 4.57 Å². The van der Waals surface area contributed by atoms with Gasteiger partial charge in [0.2, 0.25) is 0 Å². The number of carbonyl (C=O) groups excluding carboxylic acids is 2. The first-order valence-electron chi connectivity index (χ1n) is 14.5. The molecule has 0 bridgehead atoms. The van der Waals surface area contributed by atoms with Gasteiger partial charge in [-0.15, -0.1) is 0 Å². The largest absolute Gasteiger partial charge is 0.463 e. The molecule has 2 aliphatic rings. The zero-order valence-corrected chi connectivity index (χ0v) is 26.5. The Morgan fingerprint density at radius 3 is 2.27 bits per heavy atom. The Morgan fingerprint density at radius 1 is 0.911 bits per heavy atom. The molecule has 0 fully saturated rings. The Bertz CT molecular complexity index is 2170. The molecule has 0 aliphatic carbocycles. The lowest BCUT2D eigenvalue weighted by Gasteiger charge is -2.25. The van der Waals surface area contributed by atoms with Crippen LogP contribution in [0.4, 0.5) is 5.69 Å². The Morgan fingerprint density at radius 2 is 1.58 bits per heavy atom. The monoisotopic (exact) mass is 675 g/mol. The van der Waals surface area contributed by atoms with Crippen LogP contribution in [0.2, 0.25) is 0 Å². The minimum atomic E-state index is -0.815. The first-order valence-corrected chi connectivity index (χ1v) is 16.1. The smallest absolute Gasteiger partial charge is 0.338 e. The second-order valence-electron chi connectivity index (χ2n) is 10.6. The van der Waals surface area contributed by atoms with Crippen LogP contribution in [0.15, 0.2) is 129 Å². The topological polar surface area (TPSA) is 81.0 Å². The molecule has 0 saturated carbocycles. The Labute approximate surface area is 271 Å². The van der Waals surface area contributed by atoms with Crippen LogP contribution in [-0.4, -0.2) is 23.1 Å². The van der Waals surface area contributed by atoms with Crippen LogP contribution in [0.5, 0.6) is 0 Å². The molecular weight excluding hydrogens is 650 g/mol. The van der Waals surface area contributed by atoms with Crippen molar-refractivity contribution in [1.29, 1.82) is 0 Å². The van der Waals surface area contributed by atoms with E-state index in [0.29, 0.717) is 28.2 Å². The molecule has 3 heterocycles. The SMILES string of the molecule is CCOC(=O)C1=C(c2ccccc2)N=c2s/c(=C3\C(=O)N(Cc4ccccc4)c4ccc(Br)cc43)c(=O)n2[C@H]1c1ccccc1. The molecular formula is C36H26BrN3O4S. The number of halogens is 1. The number of thiazole rings is 1. The van der Waals surface area contributed by atoms with E-state index in [1.54, 1.807) is 11.8 Å². The number of carbonyl (C=O) groups is 2. The van der Waals surface area contributed by atoms with Crippen molar-refractivity contribution in [3.63, 3.8) is 0 Å². The fourth-order valence-electron chi connectivity index (χ4n) is 5.89. The van der Waals surface area contributed by atoms with Crippen molar-refractivity contribution in [2.75, 3.05) is 11.5 Å². The molecule has 0 unspecified atom stereocenters.